The Hall–Kier alpha value is -2.60. The number of hydrogen-bond acceptors (Lipinski definition) is 5. The van der Waals surface area contributed by atoms with E-state index in [2.05, 4.69) is 9.88 Å². The van der Waals surface area contributed by atoms with E-state index in [1.165, 1.54) is 0 Å². The molecule has 2 aromatic rings. The van der Waals surface area contributed by atoms with Gasteiger partial charge in [0.2, 0.25) is 0 Å². The molecular weight excluding hydrogens is 342 g/mol. The van der Waals surface area contributed by atoms with Crippen molar-refractivity contribution in [3.63, 3.8) is 0 Å². The summed E-state index contributed by atoms with van der Waals surface area (Å²) in [7, 11) is 0. The highest BCUT2D eigenvalue weighted by Gasteiger charge is 2.26. The van der Waals surface area contributed by atoms with E-state index in [1.54, 1.807) is 12.4 Å². The number of anilines is 1. The highest BCUT2D eigenvalue weighted by Crippen LogP contribution is 2.21. The molecule has 1 amide bonds. The van der Waals surface area contributed by atoms with Gasteiger partial charge in [0.15, 0.2) is 0 Å². The number of carbonyl (C=O) groups excluding carboxylic acids is 1. The number of ether oxygens (including phenoxy) is 2. The number of hydrogen-bond donors (Lipinski definition) is 0. The van der Waals surface area contributed by atoms with E-state index < -0.39 is 0 Å². The van der Waals surface area contributed by atoms with Crippen LogP contribution in [0.5, 0.6) is 5.75 Å². The predicted molar refractivity (Wildman–Crippen MR) is 103 cm³/mol. The third-order valence-corrected chi connectivity index (χ3v) is 5.11. The summed E-state index contributed by atoms with van der Waals surface area (Å²) in [5.74, 6) is 0.880. The molecule has 2 aliphatic heterocycles. The molecule has 27 heavy (non-hydrogen) atoms. The Kier molecular flexibility index (Phi) is 5.53. The van der Waals surface area contributed by atoms with Crippen molar-refractivity contribution >= 4 is 11.6 Å². The fourth-order valence-electron chi connectivity index (χ4n) is 3.65. The molecule has 0 N–H and O–H groups in total. The van der Waals surface area contributed by atoms with E-state index in [9.17, 15) is 4.79 Å². The van der Waals surface area contributed by atoms with Crippen LogP contribution in [0, 0.1) is 0 Å². The number of rotatable bonds is 4. The average Bonchev–Trinajstić information content (AvgIpc) is 2.75. The number of carbonyl (C=O) groups is 1. The second-order valence-electron chi connectivity index (χ2n) is 6.96. The number of amides is 1. The maximum atomic E-state index is 12.9. The van der Waals surface area contributed by atoms with Crippen LogP contribution in [-0.4, -0.2) is 61.3 Å². The van der Waals surface area contributed by atoms with E-state index in [-0.39, 0.29) is 12.0 Å². The molecule has 3 heterocycles. The van der Waals surface area contributed by atoms with Gasteiger partial charge in [-0.25, -0.2) is 0 Å². The van der Waals surface area contributed by atoms with Crippen molar-refractivity contribution in [1.82, 2.24) is 9.88 Å². The minimum absolute atomic E-state index is 0.0257. The second kappa shape index (κ2) is 8.39. The summed E-state index contributed by atoms with van der Waals surface area (Å²) in [6, 6.07) is 11.6. The first-order chi connectivity index (χ1) is 13.3. The third kappa shape index (κ3) is 4.39. The normalized spacial score (nSPS) is 20.4. The van der Waals surface area contributed by atoms with Gasteiger partial charge in [-0.05, 0) is 49.2 Å². The topological polar surface area (TPSA) is 54.9 Å². The van der Waals surface area contributed by atoms with Crippen molar-refractivity contribution in [2.75, 3.05) is 44.3 Å². The molecule has 6 heteroatoms. The Morgan fingerprint density at radius 2 is 1.78 bits per heavy atom. The molecule has 1 unspecified atom stereocenters. The van der Waals surface area contributed by atoms with Gasteiger partial charge in [-0.3, -0.25) is 9.78 Å². The summed E-state index contributed by atoms with van der Waals surface area (Å²) < 4.78 is 11.4. The fraction of sp³-hybridized carbons (Fsp3) is 0.429. The maximum Gasteiger partial charge on any atom is 0.253 e. The molecule has 0 aliphatic carbocycles. The smallest absolute Gasteiger partial charge is 0.253 e. The molecule has 4 rings (SSSR count). The Balaban J connectivity index is 1.38. The van der Waals surface area contributed by atoms with Crippen LogP contribution in [0.3, 0.4) is 0 Å². The first kappa shape index (κ1) is 17.8. The summed E-state index contributed by atoms with van der Waals surface area (Å²) >= 11 is 0. The average molecular weight is 367 g/mol. The van der Waals surface area contributed by atoms with Crippen molar-refractivity contribution < 1.29 is 14.3 Å². The molecule has 2 fully saturated rings. The van der Waals surface area contributed by atoms with Gasteiger partial charge in [-0.1, -0.05) is 0 Å². The molecule has 1 aromatic heterocycles. The van der Waals surface area contributed by atoms with Crippen molar-refractivity contribution in [1.29, 1.82) is 0 Å². The first-order valence-electron chi connectivity index (χ1n) is 9.58. The number of nitrogens with zero attached hydrogens (tertiary/aromatic N) is 3. The van der Waals surface area contributed by atoms with Gasteiger partial charge >= 0.3 is 0 Å². The van der Waals surface area contributed by atoms with Gasteiger partial charge in [-0.15, -0.1) is 0 Å². The van der Waals surface area contributed by atoms with Crippen LogP contribution < -0.4 is 9.64 Å². The lowest BCUT2D eigenvalue weighted by Gasteiger charge is -2.33. The van der Waals surface area contributed by atoms with Crippen molar-refractivity contribution in [2.24, 2.45) is 0 Å². The minimum Gasteiger partial charge on any atom is -0.488 e. The van der Waals surface area contributed by atoms with Crippen LogP contribution in [0.15, 0.2) is 48.8 Å². The van der Waals surface area contributed by atoms with Crippen molar-refractivity contribution in [3.05, 3.63) is 54.4 Å². The van der Waals surface area contributed by atoms with Gasteiger partial charge in [0, 0.05) is 43.3 Å². The van der Waals surface area contributed by atoms with E-state index >= 15 is 0 Å². The molecule has 2 aliphatic rings. The summed E-state index contributed by atoms with van der Waals surface area (Å²) in [6.07, 6.45) is 5.38. The summed E-state index contributed by atoms with van der Waals surface area (Å²) in [4.78, 5) is 21.1. The van der Waals surface area contributed by atoms with Crippen LogP contribution in [0.1, 0.15) is 23.2 Å². The number of piperidine rings is 1. The van der Waals surface area contributed by atoms with Crippen LogP contribution in [-0.2, 0) is 4.74 Å². The molecule has 0 spiro atoms. The van der Waals surface area contributed by atoms with Crippen molar-refractivity contribution in [3.8, 4) is 5.75 Å². The Morgan fingerprint density at radius 1 is 1.04 bits per heavy atom. The lowest BCUT2D eigenvalue weighted by atomic mass is 10.1. The van der Waals surface area contributed by atoms with Gasteiger partial charge in [0.25, 0.3) is 5.91 Å². The van der Waals surface area contributed by atoms with Gasteiger partial charge in [-0.2, -0.15) is 0 Å². The zero-order chi connectivity index (χ0) is 18.5. The monoisotopic (exact) mass is 367 g/mol. The quantitative estimate of drug-likeness (QED) is 0.831. The highest BCUT2D eigenvalue weighted by molar-refractivity contribution is 5.94. The molecule has 2 saturated heterocycles. The Bertz CT molecular complexity index is 745. The molecule has 0 radical (unpaired) electrons. The second-order valence-corrected chi connectivity index (χ2v) is 6.96. The summed E-state index contributed by atoms with van der Waals surface area (Å²) in [5, 5.41) is 0. The van der Waals surface area contributed by atoms with E-state index in [0.717, 1.165) is 62.7 Å². The molecule has 1 atom stereocenters. The maximum absolute atomic E-state index is 12.9. The van der Waals surface area contributed by atoms with Crippen LogP contribution >= 0.6 is 0 Å². The minimum atomic E-state index is 0.0257. The number of likely N-dealkylation sites (tertiary alicyclic amines) is 1. The standard InChI is InChI=1S/C21H25N3O3/c25-21(17-3-5-18(6-4-17)23-12-14-26-15-13-23)24-11-1-2-20(16-24)27-19-7-9-22-10-8-19/h3-10,20H,1-2,11-16H2. The first-order valence-corrected chi connectivity index (χ1v) is 9.58. The summed E-state index contributed by atoms with van der Waals surface area (Å²) in [5.41, 5.74) is 1.88. The number of pyridine rings is 1. The SMILES string of the molecule is O=C(c1ccc(N2CCOCC2)cc1)N1CCCC(Oc2ccncc2)C1. The third-order valence-electron chi connectivity index (χ3n) is 5.11. The zero-order valence-electron chi connectivity index (χ0n) is 15.4. The largest absolute Gasteiger partial charge is 0.488 e. The molecule has 0 saturated carbocycles. The van der Waals surface area contributed by atoms with Gasteiger partial charge in [0.1, 0.15) is 11.9 Å². The summed E-state index contributed by atoms with van der Waals surface area (Å²) in [6.45, 7) is 4.70. The number of aromatic nitrogens is 1. The van der Waals surface area contributed by atoms with Crippen LogP contribution in [0.4, 0.5) is 5.69 Å². The lowest BCUT2D eigenvalue weighted by Crippen LogP contribution is -2.44. The Labute approximate surface area is 159 Å². The highest BCUT2D eigenvalue weighted by atomic mass is 16.5. The lowest BCUT2D eigenvalue weighted by molar-refractivity contribution is 0.0538. The molecule has 1 aromatic carbocycles. The van der Waals surface area contributed by atoms with E-state index in [4.69, 9.17) is 9.47 Å². The number of benzene rings is 1. The molecule has 6 nitrogen and oxygen atoms in total. The fourth-order valence-corrected chi connectivity index (χ4v) is 3.65. The van der Waals surface area contributed by atoms with Crippen molar-refractivity contribution in [2.45, 2.75) is 18.9 Å². The van der Waals surface area contributed by atoms with E-state index in [0.29, 0.717) is 6.54 Å². The number of morpholine rings is 1. The van der Waals surface area contributed by atoms with Crippen LogP contribution in [0.25, 0.3) is 0 Å². The van der Waals surface area contributed by atoms with E-state index in [1.807, 2.05) is 41.3 Å². The Morgan fingerprint density at radius 3 is 2.52 bits per heavy atom. The predicted octanol–water partition coefficient (Wildman–Crippen LogP) is 2.60. The zero-order valence-corrected chi connectivity index (χ0v) is 15.4. The van der Waals surface area contributed by atoms with Gasteiger partial charge < -0.3 is 19.3 Å². The molecule has 0 bridgehead atoms. The van der Waals surface area contributed by atoms with Gasteiger partial charge in [0.05, 0.1) is 19.8 Å². The molecular formula is C21H25N3O3. The molecule has 142 valence electrons. The van der Waals surface area contributed by atoms with Crippen LogP contribution in [0.2, 0.25) is 0 Å².